The van der Waals surface area contributed by atoms with Crippen LogP contribution in [0.5, 0.6) is 23.0 Å². The zero-order valence-corrected chi connectivity index (χ0v) is 46.7. The molecule has 3 aliphatic rings. The van der Waals surface area contributed by atoms with E-state index in [4.69, 9.17) is 94.8 Å². The van der Waals surface area contributed by atoms with Crippen LogP contribution in [-0.4, -0.2) is 136 Å². The largest absolute Gasteiger partial charge is 0.495 e. The molecule has 2 aromatic carbocycles. The van der Waals surface area contributed by atoms with Crippen LogP contribution in [0, 0.1) is 0 Å². The maximum atomic E-state index is 12.3. The summed E-state index contributed by atoms with van der Waals surface area (Å²) in [5.41, 5.74) is 2.44. The third kappa shape index (κ3) is 12.4. The number of rotatable bonds is 22. The van der Waals surface area contributed by atoms with Gasteiger partial charge >= 0.3 is 0 Å². The summed E-state index contributed by atoms with van der Waals surface area (Å²) in [6.45, 7) is 9.66. The Morgan fingerprint density at radius 3 is 1.66 bits per heavy atom. The van der Waals surface area contributed by atoms with Gasteiger partial charge in [-0.25, -0.2) is 29.9 Å². The first-order chi connectivity index (χ1) is 38.8. The van der Waals surface area contributed by atoms with Gasteiger partial charge in [-0.15, -0.1) is 0 Å². The molecular weight excluding hydrogens is 1110 g/mol. The summed E-state index contributed by atoms with van der Waals surface area (Å²) in [6, 6.07) is 6.18. The van der Waals surface area contributed by atoms with Gasteiger partial charge < -0.3 is 60.3 Å². The molecule has 3 fully saturated rings. The number of benzene rings is 2. The molecule has 0 unspecified atom stereocenters. The van der Waals surface area contributed by atoms with E-state index in [2.05, 4.69) is 60.1 Å². The number of methoxy groups -OCH3 is 3. The number of carbonyl (C=O) groups is 2. The van der Waals surface area contributed by atoms with Gasteiger partial charge in [0.2, 0.25) is 11.8 Å². The second-order valence-corrected chi connectivity index (χ2v) is 20.4. The molecule has 22 nitrogen and oxygen atoms in total. The van der Waals surface area contributed by atoms with Crippen molar-refractivity contribution in [3.05, 3.63) is 100 Å². The lowest BCUT2D eigenvalue weighted by Crippen LogP contribution is -2.52. The Kier molecular flexibility index (Phi) is 17.4. The molecule has 2 aliphatic heterocycles. The second kappa shape index (κ2) is 24.9. The molecule has 26 heteroatoms. The van der Waals surface area contributed by atoms with Crippen LogP contribution < -0.4 is 50.8 Å². The van der Waals surface area contributed by atoms with E-state index in [-0.39, 0.29) is 86.9 Å². The van der Waals surface area contributed by atoms with Crippen molar-refractivity contribution in [2.45, 2.75) is 69.0 Å². The van der Waals surface area contributed by atoms with Crippen molar-refractivity contribution in [2.24, 2.45) is 0 Å². The monoisotopic (exact) mass is 1170 g/mol. The normalized spacial score (nSPS) is 18.0. The number of anilines is 4. The Morgan fingerprint density at radius 1 is 0.650 bits per heavy atom. The molecule has 7 heterocycles. The zero-order valence-electron chi connectivity index (χ0n) is 43.7. The highest BCUT2D eigenvalue weighted by Gasteiger charge is 2.31. The second-order valence-electron chi connectivity index (χ2n) is 18.9. The predicted octanol–water partition coefficient (Wildman–Crippen LogP) is 8.54. The predicted molar refractivity (Wildman–Crippen MR) is 307 cm³/mol. The summed E-state index contributed by atoms with van der Waals surface area (Å²) in [7, 11) is 4.47. The van der Waals surface area contributed by atoms with Gasteiger partial charge in [0.25, 0.3) is 0 Å². The maximum Gasteiger partial charge on any atom is 0.243 e. The van der Waals surface area contributed by atoms with Crippen LogP contribution in [0.15, 0.2) is 74.4 Å². The minimum Gasteiger partial charge on any atom is -0.495 e. The molecule has 6 N–H and O–H groups in total. The van der Waals surface area contributed by atoms with Gasteiger partial charge in [-0.05, 0) is 50.0 Å². The number of fused-ring (bicyclic) bond motifs is 2. The van der Waals surface area contributed by atoms with Gasteiger partial charge in [-0.1, -0.05) is 59.6 Å². The number of hydrogen-bond donors (Lipinski definition) is 6. The molecule has 0 radical (unpaired) electrons. The average molecular weight is 1170 g/mol. The van der Waals surface area contributed by atoms with Gasteiger partial charge in [0.05, 0.1) is 126 Å². The molecule has 80 heavy (non-hydrogen) atoms. The number of pyridine rings is 2. The highest BCUT2D eigenvalue weighted by Crippen LogP contribution is 2.47. The fourth-order valence-electron chi connectivity index (χ4n) is 9.26. The Hall–Kier alpha value is -7.47. The van der Waals surface area contributed by atoms with Gasteiger partial charge in [0, 0.05) is 60.5 Å². The molecule has 2 amide bonds. The van der Waals surface area contributed by atoms with Crippen LogP contribution in [0.2, 0.25) is 20.1 Å². The molecule has 10 rings (SSSR count). The first-order valence-corrected chi connectivity index (χ1v) is 27.1. The zero-order chi connectivity index (χ0) is 56.0. The van der Waals surface area contributed by atoms with Gasteiger partial charge in [0.15, 0.2) is 11.6 Å². The molecule has 0 spiro atoms. The molecule has 1 saturated carbocycles. The van der Waals surface area contributed by atoms with E-state index in [1.165, 1.54) is 33.5 Å². The van der Waals surface area contributed by atoms with Crippen molar-refractivity contribution < 1.29 is 38.0 Å². The van der Waals surface area contributed by atoms with Crippen LogP contribution in [-0.2, 0) is 32.2 Å². The number of aromatic nitrogens is 8. The number of nitrogens with zero attached hydrogens (tertiary/aromatic N) is 8. The van der Waals surface area contributed by atoms with Gasteiger partial charge in [0.1, 0.15) is 52.9 Å². The summed E-state index contributed by atoms with van der Waals surface area (Å²) in [6.07, 6.45) is 12.6. The number of amides is 2. The third-order valence-electron chi connectivity index (χ3n) is 13.6. The molecule has 2 saturated heterocycles. The molecule has 1 aliphatic carbocycles. The van der Waals surface area contributed by atoms with Crippen molar-refractivity contribution in [1.29, 1.82) is 0 Å². The first kappa shape index (κ1) is 55.8. The van der Waals surface area contributed by atoms with E-state index in [0.717, 1.165) is 23.8 Å². The fraction of sp³-hybridized carbons (Fsp3) is 0.352. The van der Waals surface area contributed by atoms with Crippen molar-refractivity contribution in [1.82, 2.24) is 50.3 Å². The van der Waals surface area contributed by atoms with E-state index in [0.29, 0.717) is 120 Å². The van der Waals surface area contributed by atoms with Crippen molar-refractivity contribution in [2.75, 3.05) is 75.6 Å². The van der Waals surface area contributed by atoms with E-state index in [1.807, 2.05) is 18.3 Å². The van der Waals surface area contributed by atoms with Crippen LogP contribution in [0.4, 0.5) is 23.3 Å². The number of nitrogens with one attached hydrogen (secondary N) is 6. The van der Waals surface area contributed by atoms with E-state index >= 15 is 0 Å². The molecule has 418 valence electrons. The molecule has 7 aromatic rings. The van der Waals surface area contributed by atoms with E-state index < -0.39 is 0 Å². The number of hydrogen-bond acceptors (Lipinski definition) is 19. The van der Waals surface area contributed by atoms with E-state index in [1.54, 1.807) is 35.4 Å². The van der Waals surface area contributed by atoms with Crippen LogP contribution in [0.25, 0.3) is 44.6 Å². The SMILES string of the molecule is C=CC(=O)N[C@H]1CCOC[C@H]1Nc1cc2c(NCc3cnn(CCOc4cc(OC)c(Cl)c(-c5nc(NC6CC6)c6cc(N[C@@H]7COCC[C@@H]7NC(=O)C=C)ncc6n5)c4Cl)c3)nc(-c3c(Cl)c(OC)cc(OC)c3Cl)nc2cn1. The number of carbonyl (C=O) groups excluding carboxylic acids is 2. The summed E-state index contributed by atoms with van der Waals surface area (Å²) < 4.78 is 36.4. The van der Waals surface area contributed by atoms with Crippen molar-refractivity contribution in [3.63, 3.8) is 0 Å². The summed E-state index contributed by atoms with van der Waals surface area (Å²) >= 11 is 27.9. The van der Waals surface area contributed by atoms with Gasteiger partial charge in [-0.2, -0.15) is 5.10 Å². The average Bonchev–Trinajstić information content (AvgIpc) is 4.17. The molecular formula is C54H56Cl4N14O8. The molecule has 5 aromatic heterocycles. The Morgan fingerprint density at radius 2 is 1.15 bits per heavy atom. The first-order valence-electron chi connectivity index (χ1n) is 25.6. The minimum atomic E-state index is -0.290. The van der Waals surface area contributed by atoms with E-state index in [9.17, 15) is 9.59 Å². The van der Waals surface area contributed by atoms with Gasteiger partial charge in [-0.3, -0.25) is 14.3 Å². The fourth-order valence-corrected chi connectivity index (χ4v) is 10.6. The summed E-state index contributed by atoms with van der Waals surface area (Å²) in [5.74, 6) is 3.18. The molecule has 4 atom stereocenters. The number of ether oxygens (including phenoxy) is 6. The van der Waals surface area contributed by atoms with Crippen molar-refractivity contribution in [3.8, 4) is 45.8 Å². The Balaban J connectivity index is 0.877. The summed E-state index contributed by atoms with van der Waals surface area (Å²) in [5, 5.41) is 26.5. The standard InChI is InChI=1S/C54H56Cl4N14O8/c1-6-43(73)66-31-10-13-78-25-35(31)64-41-16-29-33(22-59-41)68-53(45-47(55)37(75-3)18-38(76-4)48(45)56)70-51(29)61-20-27-21-62-72(24-27)12-15-80-40-19-39(77-5)49(57)46(50(40)58)54-69-34-23-60-42(17-30(34)52(71-54)63-28-8-9-28)65-36-26-79-14-11-32(36)67-44(74)7-2/h6-7,16-19,21-24,28,31-32,35-36H,1-2,8-15,20,25-26H2,3-5H3,(H,59,64)(H,60,65)(H,66,73)(H,67,74)(H,61,68,70)(H,63,69,71)/t31-,32-,35+,36+/m0/s1. The van der Waals surface area contributed by atoms with Crippen molar-refractivity contribution >= 4 is 103 Å². The molecule has 0 bridgehead atoms. The lowest BCUT2D eigenvalue weighted by atomic mass is 10.0. The van der Waals surface area contributed by atoms with Crippen LogP contribution in [0.3, 0.4) is 0 Å². The maximum absolute atomic E-state index is 12.3. The lowest BCUT2D eigenvalue weighted by Gasteiger charge is -2.32. The smallest absolute Gasteiger partial charge is 0.243 e. The Labute approximate surface area is 479 Å². The lowest BCUT2D eigenvalue weighted by molar-refractivity contribution is -0.118. The summed E-state index contributed by atoms with van der Waals surface area (Å²) in [4.78, 5) is 53.6. The highest BCUT2D eigenvalue weighted by molar-refractivity contribution is 6.41. The number of halogens is 4. The highest BCUT2D eigenvalue weighted by atomic mass is 35.5. The third-order valence-corrected chi connectivity index (χ3v) is 15.1. The quantitative estimate of drug-likeness (QED) is 0.0348. The van der Waals surface area contributed by atoms with Crippen LogP contribution in [0.1, 0.15) is 31.2 Å². The Bertz CT molecular complexity index is 3470. The van der Waals surface area contributed by atoms with Crippen LogP contribution >= 0.6 is 46.4 Å². The minimum absolute atomic E-state index is 0.147. The topological polar surface area (TPSA) is 257 Å².